The Morgan fingerprint density at radius 3 is 2.14 bits per heavy atom. The lowest BCUT2D eigenvalue weighted by Crippen LogP contribution is -2.07. The van der Waals surface area contributed by atoms with Gasteiger partial charge in [0, 0.05) is 0 Å². The molecule has 0 rings (SSSR count). The van der Waals surface area contributed by atoms with E-state index in [1.807, 2.05) is 0 Å². The monoisotopic (exact) mass is 223 g/mol. The van der Waals surface area contributed by atoms with E-state index in [0.29, 0.717) is 18.9 Å². The molecule has 0 aliphatic carbocycles. The molecule has 0 aromatic rings. The summed E-state index contributed by atoms with van der Waals surface area (Å²) in [4.78, 5) is 4.56. The van der Waals surface area contributed by atoms with E-state index in [-0.39, 0.29) is 6.16 Å². The Balaban J connectivity index is 4.35. The highest BCUT2D eigenvalue weighted by atomic mass is 31.2. The minimum Gasteiger partial charge on any atom is -0.399 e. The van der Waals surface area contributed by atoms with Crippen molar-refractivity contribution in [2.24, 2.45) is 5.16 Å². The quantitative estimate of drug-likeness (QED) is 0.377. The van der Waals surface area contributed by atoms with Crippen molar-refractivity contribution in [3.8, 4) is 0 Å². The second kappa shape index (κ2) is 6.98. The molecule has 0 aromatic heterocycles. The maximum atomic E-state index is 11.9. The van der Waals surface area contributed by atoms with Gasteiger partial charge in [-0.3, -0.25) is 4.57 Å². The average molecular weight is 223 g/mol. The molecule has 0 unspecified atom stereocenters. The molecule has 0 saturated carbocycles. The van der Waals surface area contributed by atoms with Crippen LogP contribution in [0.1, 0.15) is 20.8 Å². The summed E-state index contributed by atoms with van der Waals surface area (Å²) in [6.07, 6.45) is 0.169. The molecule has 14 heavy (non-hydrogen) atoms. The largest absolute Gasteiger partial charge is 0.399 e. The normalized spacial score (nSPS) is 13.0. The summed E-state index contributed by atoms with van der Waals surface area (Å²) in [7, 11) is -1.58. The summed E-state index contributed by atoms with van der Waals surface area (Å²) in [5, 5.41) is 3.66. The first-order valence-electron chi connectivity index (χ1n) is 4.52. The van der Waals surface area contributed by atoms with E-state index in [9.17, 15) is 4.57 Å². The van der Waals surface area contributed by atoms with Gasteiger partial charge in [-0.1, -0.05) is 5.16 Å². The van der Waals surface area contributed by atoms with Gasteiger partial charge in [-0.15, -0.1) is 0 Å². The van der Waals surface area contributed by atoms with Crippen LogP contribution in [0.4, 0.5) is 0 Å². The molecule has 0 aliphatic rings. The predicted molar refractivity (Wildman–Crippen MR) is 55.8 cm³/mol. The molecule has 0 atom stereocenters. The van der Waals surface area contributed by atoms with Crippen molar-refractivity contribution in [1.29, 1.82) is 0 Å². The van der Waals surface area contributed by atoms with Crippen molar-refractivity contribution in [1.82, 2.24) is 0 Å². The lowest BCUT2D eigenvalue weighted by Gasteiger charge is -2.16. The minimum atomic E-state index is -3.02. The van der Waals surface area contributed by atoms with Crippen molar-refractivity contribution in [2.45, 2.75) is 20.8 Å². The molecule has 0 radical (unpaired) electrons. The van der Waals surface area contributed by atoms with Crippen molar-refractivity contribution < 1.29 is 18.5 Å². The molecule has 0 spiro atoms. The van der Waals surface area contributed by atoms with E-state index < -0.39 is 7.60 Å². The zero-order valence-electron chi connectivity index (χ0n) is 9.15. The molecule has 5 nitrogen and oxygen atoms in total. The van der Waals surface area contributed by atoms with Gasteiger partial charge in [0.1, 0.15) is 7.11 Å². The molecule has 0 saturated heterocycles. The molecule has 84 valence electrons. The standard InChI is InChI=1S/C8H18NO4P/c1-5-12-14(10,13-6-2)7-8(3)9-11-4/h5-7H2,1-4H3/b9-8+. The number of oxime groups is 1. The summed E-state index contributed by atoms with van der Waals surface area (Å²) in [6, 6.07) is 0. The first-order chi connectivity index (χ1) is 6.58. The highest BCUT2D eigenvalue weighted by Crippen LogP contribution is 2.47. The summed E-state index contributed by atoms with van der Waals surface area (Å²) < 4.78 is 22.1. The van der Waals surface area contributed by atoms with E-state index in [1.165, 1.54) is 7.11 Å². The number of hydrogen-bond acceptors (Lipinski definition) is 5. The van der Waals surface area contributed by atoms with Crippen LogP contribution in [0.3, 0.4) is 0 Å². The summed E-state index contributed by atoms with van der Waals surface area (Å²) in [6.45, 7) is 5.98. The number of nitrogens with zero attached hydrogens (tertiary/aromatic N) is 1. The minimum absolute atomic E-state index is 0.169. The number of rotatable bonds is 7. The average Bonchev–Trinajstić information content (AvgIpc) is 2.04. The highest BCUT2D eigenvalue weighted by molar-refractivity contribution is 7.54. The van der Waals surface area contributed by atoms with Gasteiger partial charge in [-0.2, -0.15) is 0 Å². The molecule has 0 aromatic carbocycles. The van der Waals surface area contributed by atoms with Crippen LogP contribution in [-0.4, -0.2) is 32.2 Å². The van der Waals surface area contributed by atoms with E-state index in [4.69, 9.17) is 9.05 Å². The van der Waals surface area contributed by atoms with Crippen molar-refractivity contribution in [3.05, 3.63) is 0 Å². The maximum Gasteiger partial charge on any atom is 0.336 e. The van der Waals surface area contributed by atoms with Crippen LogP contribution in [0.15, 0.2) is 5.16 Å². The summed E-state index contributed by atoms with van der Waals surface area (Å²) in [5.41, 5.74) is 0.595. The first kappa shape index (κ1) is 13.6. The van der Waals surface area contributed by atoms with Crippen LogP contribution >= 0.6 is 7.60 Å². The Bertz CT molecular complexity index is 219. The summed E-state index contributed by atoms with van der Waals surface area (Å²) >= 11 is 0. The third-order valence-electron chi connectivity index (χ3n) is 1.32. The Hall–Kier alpha value is -0.380. The molecular formula is C8H18NO4P. The number of hydrogen-bond donors (Lipinski definition) is 0. The van der Waals surface area contributed by atoms with Crippen molar-refractivity contribution >= 4 is 13.3 Å². The third kappa shape index (κ3) is 5.37. The van der Waals surface area contributed by atoms with Gasteiger partial charge >= 0.3 is 7.60 Å². The van der Waals surface area contributed by atoms with Crippen LogP contribution < -0.4 is 0 Å². The van der Waals surface area contributed by atoms with Gasteiger partial charge in [-0.25, -0.2) is 0 Å². The summed E-state index contributed by atoms with van der Waals surface area (Å²) in [5.74, 6) is 0. The smallest absolute Gasteiger partial charge is 0.336 e. The molecule has 0 N–H and O–H groups in total. The second-order valence-corrected chi connectivity index (χ2v) is 4.67. The molecule has 0 bridgehead atoms. The van der Waals surface area contributed by atoms with Gasteiger partial charge in [0.2, 0.25) is 0 Å². The fourth-order valence-corrected chi connectivity index (χ4v) is 2.65. The Morgan fingerprint density at radius 2 is 1.79 bits per heavy atom. The van der Waals surface area contributed by atoms with E-state index >= 15 is 0 Å². The Morgan fingerprint density at radius 1 is 1.29 bits per heavy atom. The predicted octanol–water partition coefficient (Wildman–Crippen LogP) is 2.27. The third-order valence-corrected chi connectivity index (χ3v) is 3.47. The Labute approximate surface area is 84.9 Å². The van der Waals surface area contributed by atoms with E-state index in [2.05, 4.69) is 9.99 Å². The topological polar surface area (TPSA) is 57.1 Å². The van der Waals surface area contributed by atoms with E-state index in [1.54, 1.807) is 20.8 Å². The van der Waals surface area contributed by atoms with Crippen LogP contribution in [0.5, 0.6) is 0 Å². The fraction of sp³-hybridized carbons (Fsp3) is 0.875. The molecule has 6 heteroatoms. The SMILES string of the molecule is CCOP(=O)(C/C(C)=N/OC)OCC. The molecular weight excluding hydrogens is 205 g/mol. The molecule has 0 aliphatic heterocycles. The van der Waals surface area contributed by atoms with Crippen LogP contribution in [0.25, 0.3) is 0 Å². The molecule has 0 heterocycles. The first-order valence-corrected chi connectivity index (χ1v) is 6.25. The second-order valence-electron chi connectivity index (χ2n) is 2.61. The van der Waals surface area contributed by atoms with Crippen LogP contribution in [0.2, 0.25) is 0 Å². The van der Waals surface area contributed by atoms with Crippen LogP contribution in [0, 0.1) is 0 Å². The van der Waals surface area contributed by atoms with Gasteiger partial charge in [-0.05, 0) is 20.8 Å². The Kier molecular flexibility index (Phi) is 6.79. The van der Waals surface area contributed by atoms with Gasteiger partial charge in [0.05, 0.1) is 25.1 Å². The fourth-order valence-electron chi connectivity index (χ4n) is 0.987. The maximum absolute atomic E-state index is 11.9. The van der Waals surface area contributed by atoms with Gasteiger partial charge in [0.25, 0.3) is 0 Å². The zero-order valence-corrected chi connectivity index (χ0v) is 10.0. The van der Waals surface area contributed by atoms with Gasteiger partial charge < -0.3 is 13.9 Å². The van der Waals surface area contributed by atoms with E-state index in [0.717, 1.165) is 0 Å². The highest BCUT2D eigenvalue weighted by Gasteiger charge is 2.24. The molecule has 0 fully saturated rings. The molecule has 0 amide bonds. The van der Waals surface area contributed by atoms with Gasteiger partial charge in [0.15, 0.2) is 0 Å². The van der Waals surface area contributed by atoms with Crippen molar-refractivity contribution in [2.75, 3.05) is 26.5 Å². The zero-order chi connectivity index (χ0) is 11.0. The van der Waals surface area contributed by atoms with Crippen LogP contribution in [-0.2, 0) is 18.5 Å². The lowest BCUT2D eigenvalue weighted by molar-refractivity contribution is 0.210. The van der Waals surface area contributed by atoms with Crippen molar-refractivity contribution in [3.63, 3.8) is 0 Å². The lowest BCUT2D eigenvalue weighted by atomic mass is 10.5.